The van der Waals surface area contributed by atoms with E-state index in [1.54, 1.807) is 0 Å². The van der Waals surface area contributed by atoms with Crippen LogP contribution in [0.4, 0.5) is 0 Å². The van der Waals surface area contributed by atoms with E-state index in [4.69, 9.17) is 5.73 Å². The molecule has 1 aliphatic carbocycles. The lowest BCUT2D eigenvalue weighted by Crippen LogP contribution is -2.36. The maximum atomic E-state index is 5.54. The molecule has 0 saturated heterocycles. The van der Waals surface area contributed by atoms with Crippen LogP contribution >= 0.6 is 22.6 Å². The summed E-state index contributed by atoms with van der Waals surface area (Å²) in [7, 11) is 0. The molecular formula is C5H10IN. The van der Waals surface area contributed by atoms with E-state index in [0.29, 0.717) is 6.04 Å². The van der Waals surface area contributed by atoms with Gasteiger partial charge in [0.2, 0.25) is 0 Å². The molecule has 0 aromatic carbocycles. The number of halogens is 1. The van der Waals surface area contributed by atoms with Crippen LogP contribution in [-0.2, 0) is 0 Å². The fourth-order valence-corrected chi connectivity index (χ4v) is 1.63. The Kier molecular flexibility index (Phi) is 1.92. The Morgan fingerprint density at radius 3 is 2.29 bits per heavy atom. The van der Waals surface area contributed by atoms with Crippen LogP contribution < -0.4 is 5.73 Å². The Labute approximate surface area is 57.8 Å². The van der Waals surface area contributed by atoms with Crippen LogP contribution in [0, 0.1) is 5.92 Å². The number of hydrogen-bond donors (Lipinski definition) is 1. The Balaban J connectivity index is 2.06. The summed E-state index contributed by atoms with van der Waals surface area (Å²) in [5, 5.41) is 0. The van der Waals surface area contributed by atoms with Gasteiger partial charge in [-0.2, -0.15) is 0 Å². The molecule has 1 fully saturated rings. The molecule has 1 saturated carbocycles. The fourth-order valence-electron chi connectivity index (χ4n) is 0.913. The average Bonchev–Trinajstić information content (AvgIpc) is 1.58. The van der Waals surface area contributed by atoms with Gasteiger partial charge in [-0.1, -0.05) is 22.6 Å². The first-order valence-corrected chi connectivity index (χ1v) is 4.17. The van der Waals surface area contributed by atoms with Crippen molar-refractivity contribution >= 4 is 22.6 Å². The Morgan fingerprint density at radius 2 is 2.14 bits per heavy atom. The third-order valence-electron chi connectivity index (χ3n) is 1.49. The van der Waals surface area contributed by atoms with Gasteiger partial charge < -0.3 is 5.73 Å². The third-order valence-corrected chi connectivity index (χ3v) is 2.74. The van der Waals surface area contributed by atoms with E-state index < -0.39 is 0 Å². The van der Waals surface area contributed by atoms with E-state index in [1.165, 1.54) is 17.3 Å². The van der Waals surface area contributed by atoms with Crippen LogP contribution in [0.5, 0.6) is 0 Å². The van der Waals surface area contributed by atoms with Gasteiger partial charge in [-0.25, -0.2) is 0 Å². The summed E-state index contributed by atoms with van der Waals surface area (Å²) in [6, 6.07) is 0.541. The van der Waals surface area contributed by atoms with E-state index in [9.17, 15) is 0 Å². The van der Waals surface area contributed by atoms with Crippen molar-refractivity contribution in [2.75, 3.05) is 4.43 Å². The lowest BCUT2D eigenvalue weighted by atomic mass is 9.83. The van der Waals surface area contributed by atoms with Gasteiger partial charge >= 0.3 is 0 Å². The van der Waals surface area contributed by atoms with E-state index in [0.717, 1.165) is 5.92 Å². The number of nitrogens with two attached hydrogens (primary N) is 1. The summed E-state index contributed by atoms with van der Waals surface area (Å²) in [5.74, 6) is 0.954. The highest BCUT2D eigenvalue weighted by atomic mass is 127. The SMILES string of the molecule is N[C@H]1C[C@H](CI)C1. The first kappa shape index (κ1) is 5.82. The van der Waals surface area contributed by atoms with Crippen LogP contribution in [0.2, 0.25) is 0 Å². The van der Waals surface area contributed by atoms with Crippen molar-refractivity contribution in [1.29, 1.82) is 0 Å². The minimum atomic E-state index is 0.541. The number of alkyl halides is 1. The Bertz CT molecular complexity index is 59.1. The highest BCUT2D eigenvalue weighted by Crippen LogP contribution is 2.26. The van der Waals surface area contributed by atoms with E-state index in [1.807, 2.05) is 0 Å². The highest BCUT2D eigenvalue weighted by molar-refractivity contribution is 14.1. The summed E-state index contributed by atoms with van der Waals surface area (Å²) in [4.78, 5) is 0. The second kappa shape index (κ2) is 2.31. The Hall–Kier alpha value is 0.690. The zero-order valence-corrected chi connectivity index (χ0v) is 6.39. The van der Waals surface area contributed by atoms with Gasteiger partial charge in [-0.05, 0) is 18.8 Å². The monoisotopic (exact) mass is 211 g/mol. The summed E-state index contributed by atoms with van der Waals surface area (Å²) in [5.41, 5.74) is 5.54. The number of hydrogen-bond acceptors (Lipinski definition) is 1. The fraction of sp³-hybridized carbons (Fsp3) is 1.00. The van der Waals surface area contributed by atoms with Gasteiger partial charge in [0.15, 0.2) is 0 Å². The maximum Gasteiger partial charge on any atom is 0.00446 e. The van der Waals surface area contributed by atoms with Gasteiger partial charge in [0, 0.05) is 10.5 Å². The normalized spacial score (nSPS) is 40.3. The molecule has 42 valence electrons. The zero-order valence-electron chi connectivity index (χ0n) is 4.23. The molecule has 0 bridgehead atoms. The van der Waals surface area contributed by atoms with Crippen LogP contribution in [0.25, 0.3) is 0 Å². The predicted octanol–water partition coefficient (Wildman–Crippen LogP) is 1.16. The average molecular weight is 211 g/mol. The molecule has 0 aromatic heterocycles. The smallest absolute Gasteiger partial charge is 0.00446 e. The van der Waals surface area contributed by atoms with Gasteiger partial charge in [0.05, 0.1) is 0 Å². The molecule has 0 aromatic rings. The summed E-state index contributed by atoms with van der Waals surface area (Å²) in [6.07, 6.45) is 2.53. The minimum absolute atomic E-state index is 0.541. The lowest BCUT2D eigenvalue weighted by molar-refractivity contribution is 0.299. The summed E-state index contributed by atoms with van der Waals surface area (Å²) < 4.78 is 1.30. The third kappa shape index (κ3) is 1.29. The zero-order chi connectivity index (χ0) is 5.28. The molecule has 0 radical (unpaired) electrons. The van der Waals surface area contributed by atoms with Crippen molar-refractivity contribution in [3.63, 3.8) is 0 Å². The second-order valence-electron chi connectivity index (χ2n) is 2.25. The van der Waals surface area contributed by atoms with Gasteiger partial charge in [-0.15, -0.1) is 0 Å². The molecule has 1 aliphatic rings. The molecule has 0 heterocycles. The standard InChI is InChI=1S/C5H10IN/c6-3-4-1-5(7)2-4/h4-5H,1-3,7H2/t4-,5-. The van der Waals surface area contributed by atoms with Crippen molar-refractivity contribution in [1.82, 2.24) is 0 Å². The Morgan fingerprint density at radius 1 is 1.57 bits per heavy atom. The predicted molar refractivity (Wildman–Crippen MR) is 39.6 cm³/mol. The van der Waals surface area contributed by atoms with Gasteiger partial charge in [-0.3, -0.25) is 0 Å². The van der Waals surface area contributed by atoms with Crippen LogP contribution in [0.1, 0.15) is 12.8 Å². The van der Waals surface area contributed by atoms with Gasteiger partial charge in [0.1, 0.15) is 0 Å². The van der Waals surface area contributed by atoms with Crippen molar-refractivity contribution in [2.24, 2.45) is 11.7 Å². The topological polar surface area (TPSA) is 26.0 Å². The molecule has 0 aliphatic heterocycles. The molecule has 1 rings (SSSR count). The van der Waals surface area contributed by atoms with Crippen LogP contribution in [0.3, 0.4) is 0 Å². The molecule has 2 heteroatoms. The van der Waals surface area contributed by atoms with Crippen molar-refractivity contribution in [3.05, 3.63) is 0 Å². The van der Waals surface area contributed by atoms with Crippen LogP contribution in [-0.4, -0.2) is 10.5 Å². The molecule has 7 heavy (non-hydrogen) atoms. The largest absolute Gasteiger partial charge is 0.328 e. The summed E-state index contributed by atoms with van der Waals surface area (Å²) >= 11 is 2.42. The highest BCUT2D eigenvalue weighted by Gasteiger charge is 2.23. The first-order chi connectivity index (χ1) is 3.33. The summed E-state index contributed by atoms with van der Waals surface area (Å²) in [6.45, 7) is 0. The minimum Gasteiger partial charge on any atom is -0.328 e. The van der Waals surface area contributed by atoms with Crippen LogP contribution in [0.15, 0.2) is 0 Å². The van der Waals surface area contributed by atoms with Crippen molar-refractivity contribution in [2.45, 2.75) is 18.9 Å². The van der Waals surface area contributed by atoms with E-state index >= 15 is 0 Å². The van der Waals surface area contributed by atoms with E-state index in [2.05, 4.69) is 22.6 Å². The quantitative estimate of drug-likeness (QED) is 0.511. The van der Waals surface area contributed by atoms with Crippen molar-refractivity contribution < 1.29 is 0 Å². The second-order valence-corrected chi connectivity index (χ2v) is 3.13. The molecule has 1 nitrogen and oxygen atoms in total. The molecule has 0 spiro atoms. The number of rotatable bonds is 1. The molecule has 0 unspecified atom stereocenters. The van der Waals surface area contributed by atoms with Gasteiger partial charge in [0.25, 0.3) is 0 Å². The molecule has 2 N–H and O–H groups in total. The maximum absolute atomic E-state index is 5.54. The first-order valence-electron chi connectivity index (χ1n) is 2.64. The van der Waals surface area contributed by atoms with Crippen molar-refractivity contribution in [3.8, 4) is 0 Å². The molecule has 0 atom stereocenters. The lowest BCUT2D eigenvalue weighted by Gasteiger charge is -2.30. The molecular weight excluding hydrogens is 201 g/mol. The van der Waals surface area contributed by atoms with E-state index in [-0.39, 0.29) is 0 Å². The molecule has 0 amide bonds.